The van der Waals surface area contributed by atoms with E-state index in [1.165, 1.54) is 0 Å². The molecule has 0 aliphatic rings. The number of ether oxygens (including phenoxy) is 3. The molecule has 0 aliphatic carbocycles. The third-order valence-electron chi connectivity index (χ3n) is 3.11. The molecular formula is C16H20O8. The van der Waals surface area contributed by atoms with Gasteiger partial charge in [0.25, 0.3) is 0 Å². The number of rotatable bonds is 4. The highest BCUT2D eigenvalue weighted by Crippen LogP contribution is 2.35. The zero-order valence-electron chi connectivity index (χ0n) is 14.1. The summed E-state index contributed by atoms with van der Waals surface area (Å²) in [7, 11) is 2.13. The molecule has 8 heteroatoms. The van der Waals surface area contributed by atoms with Gasteiger partial charge in [0.2, 0.25) is 0 Å². The van der Waals surface area contributed by atoms with E-state index in [-0.39, 0.29) is 5.56 Å². The second-order valence-electron chi connectivity index (χ2n) is 5.96. The van der Waals surface area contributed by atoms with Gasteiger partial charge in [-0.3, -0.25) is 4.79 Å². The van der Waals surface area contributed by atoms with Crippen LogP contribution in [0.1, 0.15) is 47.1 Å². The third kappa shape index (κ3) is 3.95. The van der Waals surface area contributed by atoms with E-state index in [1.807, 2.05) is 0 Å². The van der Waals surface area contributed by atoms with E-state index in [9.17, 15) is 24.6 Å². The van der Waals surface area contributed by atoms with Crippen molar-refractivity contribution in [3.8, 4) is 11.5 Å². The summed E-state index contributed by atoms with van der Waals surface area (Å²) in [5.41, 5.74) is -1.76. The molecule has 0 saturated heterocycles. The first kappa shape index (κ1) is 19.3. The van der Waals surface area contributed by atoms with Crippen LogP contribution in [0.4, 0.5) is 0 Å². The number of methoxy groups -OCH3 is 2. The van der Waals surface area contributed by atoms with Crippen molar-refractivity contribution >= 4 is 17.9 Å². The Bertz CT molecular complexity index is 670. The molecule has 1 aromatic rings. The Morgan fingerprint density at radius 3 is 1.96 bits per heavy atom. The van der Waals surface area contributed by atoms with Crippen molar-refractivity contribution < 1.29 is 38.8 Å². The summed E-state index contributed by atoms with van der Waals surface area (Å²) >= 11 is 0. The monoisotopic (exact) mass is 340 g/mol. The highest BCUT2D eigenvalue weighted by atomic mass is 16.5. The molecule has 0 amide bonds. The number of benzene rings is 1. The number of esters is 3. The smallest absolute Gasteiger partial charge is 0.345 e. The van der Waals surface area contributed by atoms with E-state index in [4.69, 9.17) is 4.74 Å². The van der Waals surface area contributed by atoms with Crippen LogP contribution in [0.5, 0.6) is 11.5 Å². The fourth-order valence-corrected chi connectivity index (χ4v) is 1.81. The van der Waals surface area contributed by atoms with Crippen molar-refractivity contribution in [1.29, 1.82) is 0 Å². The van der Waals surface area contributed by atoms with E-state index < -0.39 is 52.6 Å². The number of carbonyl (C=O) groups is 3. The fourth-order valence-electron chi connectivity index (χ4n) is 1.81. The van der Waals surface area contributed by atoms with Gasteiger partial charge in [0.1, 0.15) is 29.2 Å². The average molecular weight is 340 g/mol. The van der Waals surface area contributed by atoms with Gasteiger partial charge in [-0.25, -0.2) is 9.59 Å². The molecule has 8 nitrogen and oxygen atoms in total. The van der Waals surface area contributed by atoms with Crippen molar-refractivity contribution in [2.24, 2.45) is 5.41 Å². The Balaban J connectivity index is 3.37. The Morgan fingerprint density at radius 2 is 1.50 bits per heavy atom. The SMILES string of the molecule is COC(=O)c1c(O)cc(COC(=O)C(C)(C)C)c(C(=O)OC)c1O. The maximum atomic E-state index is 11.9. The van der Waals surface area contributed by atoms with Gasteiger partial charge in [0, 0.05) is 5.56 Å². The first-order valence-electron chi connectivity index (χ1n) is 6.96. The maximum absolute atomic E-state index is 11.9. The minimum Gasteiger partial charge on any atom is -0.507 e. The molecule has 0 aromatic heterocycles. The summed E-state index contributed by atoms with van der Waals surface area (Å²) < 4.78 is 14.1. The van der Waals surface area contributed by atoms with Crippen LogP contribution in [0.25, 0.3) is 0 Å². The normalized spacial score (nSPS) is 10.9. The van der Waals surface area contributed by atoms with Gasteiger partial charge in [-0.2, -0.15) is 0 Å². The fraction of sp³-hybridized carbons (Fsp3) is 0.438. The first-order valence-corrected chi connectivity index (χ1v) is 6.96. The third-order valence-corrected chi connectivity index (χ3v) is 3.11. The standard InChI is InChI=1S/C16H20O8/c1-16(2,3)15(21)24-7-8-6-9(17)11(14(20)23-5)12(18)10(8)13(19)22-4/h6,17-18H,7H2,1-5H3. The topological polar surface area (TPSA) is 119 Å². The molecule has 1 rings (SSSR count). The maximum Gasteiger partial charge on any atom is 0.345 e. The molecule has 0 unspecified atom stereocenters. The van der Waals surface area contributed by atoms with Gasteiger partial charge in [0.15, 0.2) is 0 Å². The average Bonchev–Trinajstić information content (AvgIpc) is 2.50. The number of hydrogen-bond acceptors (Lipinski definition) is 8. The largest absolute Gasteiger partial charge is 0.507 e. The van der Waals surface area contributed by atoms with Gasteiger partial charge < -0.3 is 24.4 Å². The van der Waals surface area contributed by atoms with E-state index >= 15 is 0 Å². The Morgan fingerprint density at radius 1 is 1.00 bits per heavy atom. The Kier molecular flexibility index (Phi) is 5.78. The van der Waals surface area contributed by atoms with Gasteiger partial charge in [-0.1, -0.05) is 0 Å². The lowest BCUT2D eigenvalue weighted by molar-refractivity contribution is -0.154. The Labute approximate surface area is 138 Å². The van der Waals surface area contributed by atoms with Gasteiger partial charge >= 0.3 is 17.9 Å². The lowest BCUT2D eigenvalue weighted by Crippen LogP contribution is -2.23. The number of aromatic hydroxyl groups is 2. The van der Waals surface area contributed by atoms with Crippen molar-refractivity contribution in [3.63, 3.8) is 0 Å². The summed E-state index contributed by atoms with van der Waals surface area (Å²) in [6.45, 7) is 4.53. The first-order chi connectivity index (χ1) is 11.0. The number of phenolic OH excluding ortho intramolecular Hbond substituents is 2. The second kappa shape index (κ2) is 7.20. The summed E-state index contributed by atoms with van der Waals surface area (Å²) in [6.07, 6.45) is 0. The molecule has 0 aliphatic heterocycles. The second-order valence-corrected chi connectivity index (χ2v) is 5.96. The van der Waals surface area contributed by atoms with Gasteiger partial charge in [0.05, 0.1) is 19.6 Å². The zero-order chi connectivity index (χ0) is 18.7. The van der Waals surface area contributed by atoms with Crippen molar-refractivity contribution in [2.45, 2.75) is 27.4 Å². The van der Waals surface area contributed by atoms with Crippen LogP contribution >= 0.6 is 0 Å². The van der Waals surface area contributed by atoms with E-state index in [0.29, 0.717) is 0 Å². The van der Waals surface area contributed by atoms with Crippen LogP contribution in [0.3, 0.4) is 0 Å². The van der Waals surface area contributed by atoms with E-state index in [1.54, 1.807) is 20.8 Å². The summed E-state index contributed by atoms with van der Waals surface area (Å²) in [6, 6.07) is 1.04. The highest BCUT2D eigenvalue weighted by Gasteiger charge is 2.29. The van der Waals surface area contributed by atoms with Gasteiger partial charge in [-0.05, 0) is 26.8 Å². The minimum atomic E-state index is -1.03. The molecule has 24 heavy (non-hydrogen) atoms. The van der Waals surface area contributed by atoms with Crippen molar-refractivity contribution in [3.05, 3.63) is 22.8 Å². The molecule has 0 fully saturated rings. The minimum absolute atomic E-state index is 0.0119. The van der Waals surface area contributed by atoms with Crippen LogP contribution < -0.4 is 0 Å². The summed E-state index contributed by atoms with van der Waals surface area (Å²) in [5, 5.41) is 20.1. The predicted octanol–water partition coefficient (Wildman–Crippen LogP) is 1.76. The predicted molar refractivity (Wildman–Crippen MR) is 81.7 cm³/mol. The van der Waals surface area contributed by atoms with Crippen LogP contribution in [-0.4, -0.2) is 42.3 Å². The molecule has 0 atom stereocenters. The molecule has 2 N–H and O–H groups in total. The lowest BCUT2D eigenvalue weighted by Gasteiger charge is -2.18. The number of hydrogen-bond donors (Lipinski definition) is 2. The molecule has 0 saturated carbocycles. The summed E-state index contributed by atoms with van der Waals surface area (Å²) in [4.78, 5) is 35.4. The Hall–Kier alpha value is -2.77. The van der Waals surface area contributed by atoms with E-state index in [0.717, 1.165) is 20.3 Å². The van der Waals surface area contributed by atoms with Gasteiger partial charge in [-0.15, -0.1) is 0 Å². The molecule has 132 valence electrons. The molecule has 1 aromatic carbocycles. The molecular weight excluding hydrogens is 320 g/mol. The molecule has 0 heterocycles. The van der Waals surface area contributed by atoms with Crippen LogP contribution in [0, 0.1) is 5.41 Å². The van der Waals surface area contributed by atoms with Crippen molar-refractivity contribution in [1.82, 2.24) is 0 Å². The molecule has 0 bridgehead atoms. The van der Waals surface area contributed by atoms with Crippen molar-refractivity contribution in [2.75, 3.05) is 14.2 Å². The molecule has 0 radical (unpaired) electrons. The lowest BCUT2D eigenvalue weighted by atomic mass is 9.97. The molecule has 0 spiro atoms. The van der Waals surface area contributed by atoms with E-state index in [2.05, 4.69) is 9.47 Å². The number of phenols is 2. The summed E-state index contributed by atoms with van der Waals surface area (Å²) in [5.74, 6) is -3.97. The van der Waals surface area contributed by atoms with Crippen LogP contribution in [-0.2, 0) is 25.6 Å². The zero-order valence-corrected chi connectivity index (χ0v) is 14.1. The van der Waals surface area contributed by atoms with Crippen LogP contribution in [0.2, 0.25) is 0 Å². The van der Waals surface area contributed by atoms with Crippen LogP contribution in [0.15, 0.2) is 6.07 Å². The highest BCUT2D eigenvalue weighted by molar-refractivity contribution is 6.03. The number of carbonyl (C=O) groups excluding carboxylic acids is 3. The quantitative estimate of drug-likeness (QED) is 0.628.